The van der Waals surface area contributed by atoms with Crippen LogP contribution in [0.25, 0.3) is 11.3 Å². The molecule has 19 heavy (non-hydrogen) atoms. The number of aromatic carboxylic acids is 1. The predicted molar refractivity (Wildman–Crippen MR) is 69.5 cm³/mol. The fourth-order valence-corrected chi connectivity index (χ4v) is 2.04. The van der Waals surface area contributed by atoms with Crippen LogP contribution in [0.5, 0.6) is 5.75 Å². The van der Waals surface area contributed by atoms with Crippen LogP contribution in [0.4, 0.5) is 0 Å². The van der Waals surface area contributed by atoms with Gasteiger partial charge in [0.15, 0.2) is 0 Å². The zero-order valence-corrected chi connectivity index (χ0v) is 11.0. The van der Waals surface area contributed by atoms with Crippen LogP contribution in [0.2, 0.25) is 0 Å². The molecule has 0 saturated carbocycles. The second-order valence-electron chi connectivity index (χ2n) is 4.46. The normalized spacial score (nSPS) is 10.7. The van der Waals surface area contributed by atoms with Gasteiger partial charge in [-0.1, -0.05) is 31.1 Å². The highest BCUT2D eigenvalue weighted by Crippen LogP contribution is 2.35. The molecule has 1 heterocycles. The number of aromatic nitrogens is 1. The number of carboxylic acid groups (broad SMARTS) is 1. The first-order chi connectivity index (χ1) is 9.04. The molecule has 0 saturated heterocycles. The van der Waals surface area contributed by atoms with Crippen molar-refractivity contribution in [1.29, 1.82) is 0 Å². The van der Waals surface area contributed by atoms with Gasteiger partial charge < -0.3 is 14.4 Å². The first-order valence-corrected chi connectivity index (χ1v) is 5.92. The Morgan fingerprint density at radius 3 is 2.68 bits per heavy atom. The van der Waals surface area contributed by atoms with Crippen LogP contribution in [0.1, 0.15) is 35.9 Å². The Bertz CT molecular complexity index is 601. The summed E-state index contributed by atoms with van der Waals surface area (Å²) in [6.45, 7) is 4.08. The lowest BCUT2D eigenvalue weighted by atomic mass is 9.94. The van der Waals surface area contributed by atoms with E-state index in [1.165, 1.54) is 6.07 Å². The number of ether oxygens (including phenoxy) is 1. The van der Waals surface area contributed by atoms with E-state index in [1.807, 2.05) is 32.0 Å². The average molecular weight is 261 g/mol. The highest BCUT2D eigenvalue weighted by atomic mass is 16.5. The Morgan fingerprint density at radius 1 is 1.42 bits per heavy atom. The minimum absolute atomic E-state index is 0.174. The van der Waals surface area contributed by atoms with Gasteiger partial charge in [0, 0.05) is 17.2 Å². The summed E-state index contributed by atoms with van der Waals surface area (Å²) in [6.07, 6.45) is 0. The molecule has 0 atom stereocenters. The van der Waals surface area contributed by atoms with E-state index < -0.39 is 5.97 Å². The third-order valence-electron chi connectivity index (χ3n) is 2.86. The predicted octanol–water partition coefficient (Wildman–Crippen LogP) is 3.17. The Labute approximate surface area is 110 Å². The number of hydrogen-bond donors (Lipinski definition) is 1. The maximum atomic E-state index is 10.8. The van der Waals surface area contributed by atoms with Gasteiger partial charge in [-0.05, 0) is 12.0 Å². The maximum absolute atomic E-state index is 10.8. The lowest BCUT2D eigenvalue weighted by molar-refractivity contribution is 0.0652. The topological polar surface area (TPSA) is 72.6 Å². The monoisotopic (exact) mass is 261 g/mol. The molecule has 2 aromatic rings. The van der Waals surface area contributed by atoms with Crippen LogP contribution in [0.3, 0.4) is 0 Å². The fraction of sp³-hybridized carbons (Fsp3) is 0.286. The summed E-state index contributed by atoms with van der Waals surface area (Å²) in [7, 11) is 1.61. The summed E-state index contributed by atoms with van der Waals surface area (Å²) >= 11 is 0. The smallest absolute Gasteiger partial charge is 0.374 e. The van der Waals surface area contributed by atoms with E-state index in [2.05, 4.69) is 5.16 Å². The van der Waals surface area contributed by atoms with Crippen LogP contribution >= 0.6 is 0 Å². The highest BCUT2D eigenvalue weighted by Gasteiger charge is 2.18. The number of carbonyl (C=O) groups is 1. The minimum Gasteiger partial charge on any atom is -0.496 e. The first-order valence-electron chi connectivity index (χ1n) is 5.92. The summed E-state index contributed by atoms with van der Waals surface area (Å²) in [5, 5.41) is 12.7. The van der Waals surface area contributed by atoms with Crippen molar-refractivity contribution in [2.45, 2.75) is 19.8 Å². The van der Waals surface area contributed by atoms with Gasteiger partial charge in [0.2, 0.25) is 5.76 Å². The van der Waals surface area contributed by atoms with Gasteiger partial charge in [-0.15, -0.1) is 0 Å². The van der Waals surface area contributed by atoms with Crippen LogP contribution in [0.15, 0.2) is 28.8 Å². The lowest BCUT2D eigenvalue weighted by Crippen LogP contribution is -1.97. The van der Waals surface area contributed by atoms with Gasteiger partial charge in [-0.25, -0.2) is 4.79 Å². The third kappa shape index (κ3) is 2.45. The molecular formula is C14H15NO4. The molecule has 1 N–H and O–H groups in total. The molecule has 1 aromatic heterocycles. The fourth-order valence-electron chi connectivity index (χ4n) is 2.04. The molecule has 2 rings (SSSR count). The Hall–Kier alpha value is -2.30. The standard InChI is InChI=1S/C14H15NO4/c1-8(2)13-9(5-4-6-11(13)18-3)10-7-12(14(16)17)19-15-10/h4-8H,1-3H3,(H,16,17). The van der Waals surface area contributed by atoms with Crippen molar-refractivity contribution in [2.75, 3.05) is 7.11 Å². The molecule has 0 aliphatic heterocycles. The number of hydrogen-bond acceptors (Lipinski definition) is 4. The quantitative estimate of drug-likeness (QED) is 0.915. The molecule has 100 valence electrons. The Kier molecular flexibility index (Phi) is 3.55. The average Bonchev–Trinajstić information content (AvgIpc) is 2.87. The molecular weight excluding hydrogens is 246 g/mol. The van der Waals surface area contributed by atoms with Gasteiger partial charge in [-0.2, -0.15) is 0 Å². The Morgan fingerprint density at radius 2 is 2.16 bits per heavy atom. The number of benzene rings is 1. The van der Waals surface area contributed by atoms with Crippen molar-refractivity contribution in [3.8, 4) is 17.0 Å². The number of rotatable bonds is 4. The molecule has 0 unspecified atom stereocenters. The molecule has 0 aliphatic rings. The molecule has 0 spiro atoms. The van der Waals surface area contributed by atoms with Crippen molar-refractivity contribution < 1.29 is 19.2 Å². The van der Waals surface area contributed by atoms with Crippen molar-refractivity contribution in [1.82, 2.24) is 5.16 Å². The van der Waals surface area contributed by atoms with E-state index in [0.717, 1.165) is 16.9 Å². The van der Waals surface area contributed by atoms with Gasteiger partial charge in [0.05, 0.1) is 7.11 Å². The van der Waals surface area contributed by atoms with Crippen molar-refractivity contribution in [2.24, 2.45) is 0 Å². The number of carboxylic acids is 1. The van der Waals surface area contributed by atoms with Crippen molar-refractivity contribution in [3.63, 3.8) is 0 Å². The van der Waals surface area contributed by atoms with Crippen LogP contribution in [-0.2, 0) is 0 Å². The molecule has 5 heteroatoms. The van der Waals surface area contributed by atoms with E-state index in [-0.39, 0.29) is 11.7 Å². The van der Waals surface area contributed by atoms with E-state index in [0.29, 0.717) is 5.69 Å². The van der Waals surface area contributed by atoms with Gasteiger partial charge in [-0.3, -0.25) is 0 Å². The maximum Gasteiger partial charge on any atom is 0.374 e. The second-order valence-corrected chi connectivity index (χ2v) is 4.46. The molecule has 0 fully saturated rings. The zero-order chi connectivity index (χ0) is 14.0. The summed E-state index contributed by atoms with van der Waals surface area (Å²) < 4.78 is 10.1. The van der Waals surface area contributed by atoms with Gasteiger partial charge >= 0.3 is 5.97 Å². The lowest BCUT2D eigenvalue weighted by Gasteiger charge is -2.15. The van der Waals surface area contributed by atoms with Gasteiger partial charge in [0.1, 0.15) is 11.4 Å². The van der Waals surface area contributed by atoms with Crippen LogP contribution in [0, 0.1) is 0 Å². The summed E-state index contributed by atoms with van der Waals surface area (Å²) in [6, 6.07) is 7.01. The molecule has 0 amide bonds. The van der Waals surface area contributed by atoms with Crippen LogP contribution in [-0.4, -0.2) is 23.3 Å². The van der Waals surface area contributed by atoms with E-state index in [9.17, 15) is 4.79 Å². The number of nitrogens with zero attached hydrogens (tertiary/aromatic N) is 1. The minimum atomic E-state index is -1.13. The summed E-state index contributed by atoms with van der Waals surface area (Å²) in [5.74, 6) is -0.330. The molecule has 0 bridgehead atoms. The Balaban J connectivity index is 2.57. The number of methoxy groups -OCH3 is 1. The zero-order valence-electron chi connectivity index (χ0n) is 11.0. The molecule has 5 nitrogen and oxygen atoms in total. The molecule has 0 aliphatic carbocycles. The third-order valence-corrected chi connectivity index (χ3v) is 2.86. The van der Waals surface area contributed by atoms with E-state index >= 15 is 0 Å². The van der Waals surface area contributed by atoms with Crippen LogP contribution < -0.4 is 4.74 Å². The highest BCUT2D eigenvalue weighted by molar-refractivity contribution is 5.86. The first kappa shape index (κ1) is 13.1. The van der Waals surface area contributed by atoms with E-state index in [1.54, 1.807) is 7.11 Å². The van der Waals surface area contributed by atoms with Gasteiger partial charge in [0.25, 0.3) is 0 Å². The molecule has 1 aromatic carbocycles. The summed E-state index contributed by atoms with van der Waals surface area (Å²) in [4.78, 5) is 10.8. The molecule has 0 radical (unpaired) electrons. The largest absolute Gasteiger partial charge is 0.496 e. The summed E-state index contributed by atoms with van der Waals surface area (Å²) in [5.41, 5.74) is 2.31. The second kappa shape index (κ2) is 5.14. The SMILES string of the molecule is COc1cccc(-c2cc(C(=O)O)on2)c1C(C)C. The van der Waals surface area contributed by atoms with Crippen molar-refractivity contribution >= 4 is 5.97 Å². The van der Waals surface area contributed by atoms with Crippen molar-refractivity contribution in [3.05, 3.63) is 35.6 Å². The van der Waals surface area contributed by atoms with E-state index in [4.69, 9.17) is 14.4 Å².